The van der Waals surface area contributed by atoms with Crippen molar-refractivity contribution in [2.24, 2.45) is 0 Å². The monoisotopic (exact) mass is 262 g/mol. The van der Waals surface area contributed by atoms with Crippen LogP contribution < -0.4 is 9.47 Å². The van der Waals surface area contributed by atoms with E-state index in [1.165, 1.54) is 0 Å². The van der Waals surface area contributed by atoms with Crippen molar-refractivity contribution in [2.45, 2.75) is 6.42 Å². The Morgan fingerprint density at radius 1 is 1.32 bits per heavy atom. The fourth-order valence-electron chi connectivity index (χ4n) is 1.74. The van der Waals surface area contributed by atoms with Crippen LogP contribution in [0, 0.1) is 0 Å². The Balaban J connectivity index is 2.31. The molecule has 0 aliphatic heterocycles. The first-order valence-corrected chi connectivity index (χ1v) is 5.61. The van der Waals surface area contributed by atoms with Gasteiger partial charge in [0.05, 0.1) is 38.3 Å². The van der Waals surface area contributed by atoms with Crippen molar-refractivity contribution >= 4 is 5.97 Å². The molecule has 1 aromatic heterocycles. The van der Waals surface area contributed by atoms with Crippen LogP contribution >= 0.6 is 0 Å². The van der Waals surface area contributed by atoms with Gasteiger partial charge < -0.3 is 19.1 Å². The van der Waals surface area contributed by atoms with Gasteiger partial charge in [-0.15, -0.1) is 0 Å². The van der Waals surface area contributed by atoms with Gasteiger partial charge in [-0.1, -0.05) is 0 Å². The summed E-state index contributed by atoms with van der Waals surface area (Å²) in [4.78, 5) is 14.7. The van der Waals surface area contributed by atoms with E-state index >= 15 is 0 Å². The standard InChI is InChI=1S/C13H14N2O4/c1-18-11-4-3-10(6-12(11)19-2)15-7-9(14-8-15)5-13(16)17/h3-4,6-8H,5H2,1-2H3,(H,16,17). The summed E-state index contributed by atoms with van der Waals surface area (Å²) in [5, 5.41) is 8.71. The molecular formula is C13H14N2O4. The highest BCUT2D eigenvalue weighted by Crippen LogP contribution is 2.29. The number of carboxylic acids is 1. The average molecular weight is 262 g/mol. The Labute approximate surface area is 110 Å². The van der Waals surface area contributed by atoms with E-state index in [9.17, 15) is 4.79 Å². The van der Waals surface area contributed by atoms with E-state index in [-0.39, 0.29) is 6.42 Å². The van der Waals surface area contributed by atoms with Gasteiger partial charge in [-0.05, 0) is 12.1 Å². The van der Waals surface area contributed by atoms with Gasteiger partial charge in [0.25, 0.3) is 0 Å². The molecule has 0 aliphatic rings. The highest BCUT2D eigenvalue weighted by molar-refractivity contribution is 5.69. The molecule has 19 heavy (non-hydrogen) atoms. The van der Waals surface area contributed by atoms with E-state index in [4.69, 9.17) is 14.6 Å². The molecule has 0 bridgehead atoms. The van der Waals surface area contributed by atoms with Crippen LogP contribution in [0.3, 0.4) is 0 Å². The zero-order chi connectivity index (χ0) is 13.8. The van der Waals surface area contributed by atoms with Gasteiger partial charge in [-0.2, -0.15) is 0 Å². The SMILES string of the molecule is COc1ccc(-n2cnc(CC(=O)O)c2)cc1OC. The lowest BCUT2D eigenvalue weighted by Crippen LogP contribution is -2.00. The molecule has 1 N–H and O–H groups in total. The van der Waals surface area contributed by atoms with Crippen LogP contribution in [0.4, 0.5) is 0 Å². The molecule has 0 amide bonds. The van der Waals surface area contributed by atoms with Crippen molar-refractivity contribution in [3.05, 3.63) is 36.4 Å². The second-order valence-electron chi connectivity index (χ2n) is 3.88. The highest BCUT2D eigenvalue weighted by Gasteiger charge is 2.08. The van der Waals surface area contributed by atoms with Gasteiger partial charge >= 0.3 is 5.97 Å². The normalized spacial score (nSPS) is 10.2. The third kappa shape index (κ3) is 2.85. The highest BCUT2D eigenvalue weighted by atomic mass is 16.5. The maximum absolute atomic E-state index is 10.6. The van der Waals surface area contributed by atoms with Crippen molar-refractivity contribution in [3.8, 4) is 17.2 Å². The van der Waals surface area contributed by atoms with E-state index in [1.54, 1.807) is 43.4 Å². The van der Waals surface area contributed by atoms with Crippen LogP contribution in [-0.4, -0.2) is 34.8 Å². The first-order valence-electron chi connectivity index (χ1n) is 5.61. The molecule has 0 unspecified atom stereocenters. The first kappa shape index (κ1) is 12.9. The lowest BCUT2D eigenvalue weighted by molar-refractivity contribution is -0.136. The summed E-state index contributed by atoms with van der Waals surface area (Å²) in [6.07, 6.45) is 3.15. The zero-order valence-electron chi connectivity index (χ0n) is 10.7. The Hall–Kier alpha value is -2.50. The summed E-state index contributed by atoms with van der Waals surface area (Å²) in [6.45, 7) is 0. The topological polar surface area (TPSA) is 73.6 Å². The number of methoxy groups -OCH3 is 2. The Kier molecular flexibility index (Phi) is 3.70. The van der Waals surface area contributed by atoms with E-state index in [0.29, 0.717) is 17.2 Å². The number of rotatable bonds is 5. The number of imidazole rings is 1. The third-order valence-corrected chi connectivity index (χ3v) is 2.63. The molecule has 0 atom stereocenters. The lowest BCUT2D eigenvalue weighted by Gasteiger charge is -2.09. The van der Waals surface area contributed by atoms with Gasteiger partial charge in [-0.25, -0.2) is 4.98 Å². The predicted octanol–water partition coefficient (Wildman–Crippen LogP) is 1.52. The van der Waals surface area contributed by atoms with Gasteiger partial charge in [0.1, 0.15) is 0 Å². The quantitative estimate of drug-likeness (QED) is 0.884. The Morgan fingerprint density at radius 3 is 2.68 bits per heavy atom. The first-order chi connectivity index (χ1) is 9.13. The van der Waals surface area contributed by atoms with Crippen molar-refractivity contribution in [3.63, 3.8) is 0 Å². The molecule has 0 radical (unpaired) electrons. The summed E-state index contributed by atoms with van der Waals surface area (Å²) in [6, 6.07) is 5.42. The van der Waals surface area contributed by atoms with E-state index in [1.807, 2.05) is 6.07 Å². The summed E-state index contributed by atoms with van der Waals surface area (Å²) < 4.78 is 12.1. The third-order valence-electron chi connectivity index (χ3n) is 2.63. The number of hydrogen-bond donors (Lipinski definition) is 1. The van der Waals surface area contributed by atoms with Gasteiger partial charge in [-0.3, -0.25) is 4.79 Å². The van der Waals surface area contributed by atoms with Gasteiger partial charge in [0.15, 0.2) is 11.5 Å². The Bertz CT molecular complexity index is 592. The second-order valence-corrected chi connectivity index (χ2v) is 3.88. The molecule has 100 valence electrons. The van der Waals surface area contributed by atoms with Gasteiger partial charge in [0, 0.05) is 12.3 Å². The van der Waals surface area contributed by atoms with Crippen LogP contribution in [-0.2, 0) is 11.2 Å². The van der Waals surface area contributed by atoms with Crippen LogP contribution in [0.2, 0.25) is 0 Å². The molecule has 2 aromatic rings. The average Bonchev–Trinajstić information content (AvgIpc) is 2.85. The number of benzene rings is 1. The molecule has 1 heterocycles. The summed E-state index contributed by atoms with van der Waals surface area (Å²) >= 11 is 0. The number of carboxylic acid groups (broad SMARTS) is 1. The van der Waals surface area contributed by atoms with Crippen molar-refractivity contribution in [2.75, 3.05) is 14.2 Å². The minimum Gasteiger partial charge on any atom is -0.493 e. The van der Waals surface area contributed by atoms with Crippen molar-refractivity contribution < 1.29 is 19.4 Å². The number of hydrogen-bond acceptors (Lipinski definition) is 4. The summed E-state index contributed by atoms with van der Waals surface area (Å²) in [7, 11) is 3.13. The Morgan fingerprint density at radius 2 is 2.05 bits per heavy atom. The largest absolute Gasteiger partial charge is 0.493 e. The molecule has 6 nitrogen and oxygen atoms in total. The maximum atomic E-state index is 10.6. The molecule has 6 heteroatoms. The van der Waals surface area contributed by atoms with Crippen molar-refractivity contribution in [1.82, 2.24) is 9.55 Å². The van der Waals surface area contributed by atoms with E-state index in [2.05, 4.69) is 4.98 Å². The van der Waals surface area contributed by atoms with Crippen LogP contribution in [0.5, 0.6) is 11.5 Å². The summed E-state index contributed by atoms with van der Waals surface area (Å²) in [5.74, 6) is 0.336. The molecule has 1 aromatic carbocycles. The summed E-state index contributed by atoms with van der Waals surface area (Å²) in [5.41, 5.74) is 1.32. The minimum atomic E-state index is -0.905. The van der Waals surface area contributed by atoms with Crippen LogP contribution in [0.25, 0.3) is 5.69 Å². The smallest absolute Gasteiger partial charge is 0.309 e. The maximum Gasteiger partial charge on any atom is 0.309 e. The number of carbonyl (C=O) groups is 1. The van der Waals surface area contributed by atoms with Gasteiger partial charge in [0.2, 0.25) is 0 Å². The predicted molar refractivity (Wildman–Crippen MR) is 68.0 cm³/mol. The number of aliphatic carboxylic acids is 1. The van der Waals surface area contributed by atoms with Crippen molar-refractivity contribution in [1.29, 1.82) is 0 Å². The number of ether oxygens (including phenoxy) is 2. The molecule has 0 saturated heterocycles. The molecule has 0 spiro atoms. The molecule has 0 fully saturated rings. The second kappa shape index (κ2) is 5.43. The molecule has 0 aliphatic carbocycles. The fourth-order valence-corrected chi connectivity index (χ4v) is 1.74. The number of aromatic nitrogens is 2. The molecule has 2 rings (SSSR count). The number of nitrogens with zero attached hydrogens (tertiary/aromatic N) is 2. The molecule has 0 saturated carbocycles. The lowest BCUT2D eigenvalue weighted by atomic mass is 10.2. The fraction of sp³-hybridized carbons (Fsp3) is 0.231. The van der Waals surface area contributed by atoms with E-state index in [0.717, 1.165) is 5.69 Å². The van der Waals surface area contributed by atoms with Crippen LogP contribution in [0.1, 0.15) is 5.69 Å². The zero-order valence-corrected chi connectivity index (χ0v) is 10.7. The molecular weight excluding hydrogens is 248 g/mol. The van der Waals surface area contributed by atoms with Crippen LogP contribution in [0.15, 0.2) is 30.7 Å². The minimum absolute atomic E-state index is 0.0969. The van der Waals surface area contributed by atoms with E-state index < -0.39 is 5.97 Å².